The van der Waals surface area contributed by atoms with Gasteiger partial charge in [-0.25, -0.2) is 4.79 Å². The van der Waals surface area contributed by atoms with Gasteiger partial charge in [-0.1, -0.05) is 12.1 Å². The summed E-state index contributed by atoms with van der Waals surface area (Å²) in [6, 6.07) is 5.58. The van der Waals surface area contributed by atoms with Gasteiger partial charge >= 0.3 is 5.97 Å². The van der Waals surface area contributed by atoms with Crippen molar-refractivity contribution in [3.63, 3.8) is 0 Å². The van der Waals surface area contributed by atoms with Crippen molar-refractivity contribution in [2.75, 3.05) is 11.9 Å². The van der Waals surface area contributed by atoms with Gasteiger partial charge in [0.05, 0.1) is 17.1 Å². The van der Waals surface area contributed by atoms with E-state index in [-0.39, 0.29) is 12.2 Å². The quantitative estimate of drug-likeness (QED) is 0.749. The number of esters is 1. The molecule has 0 saturated heterocycles. The molecule has 8 nitrogen and oxygen atoms in total. The number of nitrogens with zero attached hydrogens (tertiary/aromatic N) is 2. The monoisotopic (exact) mass is 401 g/mol. The van der Waals surface area contributed by atoms with Crippen molar-refractivity contribution >= 4 is 17.6 Å². The Labute approximate surface area is 170 Å². The maximum absolute atomic E-state index is 12.4. The van der Waals surface area contributed by atoms with Crippen LogP contribution < -0.4 is 14.8 Å². The molecule has 1 N–H and O–H groups in total. The molecule has 1 atom stereocenters. The van der Waals surface area contributed by atoms with Crippen LogP contribution in [-0.4, -0.2) is 40.0 Å². The number of ether oxygens (including phenoxy) is 3. The van der Waals surface area contributed by atoms with E-state index in [1.807, 2.05) is 32.9 Å². The second-order valence-electron chi connectivity index (χ2n) is 7.86. The zero-order chi connectivity index (χ0) is 21.3. The zero-order valence-electron chi connectivity index (χ0n) is 17.7. The summed E-state index contributed by atoms with van der Waals surface area (Å²) in [5.41, 5.74) is 2.86. The van der Waals surface area contributed by atoms with E-state index in [1.54, 1.807) is 24.7 Å². The van der Waals surface area contributed by atoms with E-state index in [1.165, 1.54) is 6.92 Å². The Morgan fingerprint density at radius 1 is 1.34 bits per heavy atom. The minimum atomic E-state index is -0.971. The summed E-state index contributed by atoms with van der Waals surface area (Å²) in [6.45, 7) is 8.84. The summed E-state index contributed by atoms with van der Waals surface area (Å²) in [5, 5.41) is 7.01. The number of rotatable bonds is 6. The predicted molar refractivity (Wildman–Crippen MR) is 107 cm³/mol. The molecule has 0 saturated carbocycles. The van der Waals surface area contributed by atoms with E-state index in [9.17, 15) is 9.59 Å². The number of benzene rings is 1. The molecular formula is C21H27N3O5. The van der Waals surface area contributed by atoms with Gasteiger partial charge in [0.2, 0.25) is 0 Å². The summed E-state index contributed by atoms with van der Waals surface area (Å²) in [7, 11) is 1.80. The summed E-state index contributed by atoms with van der Waals surface area (Å²) < 4.78 is 18.4. The molecule has 29 heavy (non-hydrogen) atoms. The van der Waals surface area contributed by atoms with E-state index in [0.29, 0.717) is 22.9 Å². The number of fused-ring (bicyclic) bond motifs is 1. The van der Waals surface area contributed by atoms with Crippen LogP contribution in [0.15, 0.2) is 18.2 Å². The smallest absolute Gasteiger partial charge is 0.344 e. The molecule has 1 aliphatic heterocycles. The molecule has 2 aromatic rings. The lowest BCUT2D eigenvalue weighted by Gasteiger charge is -2.18. The van der Waals surface area contributed by atoms with Crippen molar-refractivity contribution in [3.05, 3.63) is 35.2 Å². The predicted octanol–water partition coefficient (Wildman–Crippen LogP) is 2.70. The third kappa shape index (κ3) is 4.52. The first-order valence-electron chi connectivity index (χ1n) is 9.51. The van der Waals surface area contributed by atoms with Crippen LogP contribution in [0.25, 0.3) is 0 Å². The minimum absolute atomic E-state index is 0.308. The molecule has 0 aliphatic carbocycles. The average molecular weight is 401 g/mol. The van der Waals surface area contributed by atoms with Gasteiger partial charge in [0.25, 0.3) is 5.91 Å². The average Bonchev–Trinajstić information content (AvgIpc) is 3.08. The topological polar surface area (TPSA) is 91.7 Å². The Morgan fingerprint density at radius 3 is 2.72 bits per heavy atom. The molecule has 1 amide bonds. The molecule has 1 aromatic carbocycles. The van der Waals surface area contributed by atoms with Crippen molar-refractivity contribution in [2.45, 2.75) is 52.7 Å². The van der Waals surface area contributed by atoms with Crippen LogP contribution in [-0.2, 0) is 27.8 Å². The van der Waals surface area contributed by atoms with Gasteiger partial charge in [0.15, 0.2) is 24.2 Å². The molecule has 0 unspecified atom stereocenters. The Kier molecular flexibility index (Phi) is 5.55. The van der Waals surface area contributed by atoms with E-state index in [2.05, 4.69) is 10.4 Å². The fourth-order valence-electron chi connectivity index (χ4n) is 3.30. The number of nitrogens with one attached hydrogen (secondary N) is 1. The lowest BCUT2D eigenvalue weighted by molar-refractivity contribution is -0.155. The van der Waals surface area contributed by atoms with Gasteiger partial charge in [0.1, 0.15) is 5.60 Å². The lowest BCUT2D eigenvalue weighted by atomic mass is 10.0. The molecule has 156 valence electrons. The molecule has 1 aromatic heterocycles. The maximum Gasteiger partial charge on any atom is 0.344 e. The van der Waals surface area contributed by atoms with Gasteiger partial charge in [-0.05, 0) is 40.7 Å². The number of anilines is 1. The first kappa shape index (κ1) is 20.7. The molecule has 8 heteroatoms. The number of hydrogen-bond donors (Lipinski definition) is 1. The highest BCUT2D eigenvalue weighted by Crippen LogP contribution is 2.41. The van der Waals surface area contributed by atoms with Crippen LogP contribution in [0.4, 0.5) is 5.69 Å². The standard InChI is InChI=1S/C21H27N3O5/c1-12-18(13(2)24(6)23-12)22-20(26)14(3)28-17(25)11-27-16-9-7-8-15-10-21(4,5)29-19(15)16/h7-9,14H,10-11H2,1-6H3,(H,22,26)/t14-/m1/s1. The Bertz CT molecular complexity index is 948. The zero-order valence-corrected chi connectivity index (χ0v) is 17.7. The molecule has 0 fully saturated rings. The number of carbonyl (C=O) groups is 2. The summed E-state index contributed by atoms with van der Waals surface area (Å²) >= 11 is 0. The van der Waals surface area contributed by atoms with E-state index in [0.717, 1.165) is 17.7 Å². The molecule has 0 radical (unpaired) electrons. The molecule has 0 spiro atoms. The van der Waals surface area contributed by atoms with Crippen molar-refractivity contribution in [1.29, 1.82) is 0 Å². The van der Waals surface area contributed by atoms with Crippen LogP contribution in [0.3, 0.4) is 0 Å². The molecule has 0 bridgehead atoms. The highest BCUT2D eigenvalue weighted by Gasteiger charge is 2.32. The van der Waals surface area contributed by atoms with Crippen LogP contribution in [0.2, 0.25) is 0 Å². The summed E-state index contributed by atoms with van der Waals surface area (Å²) in [6.07, 6.45) is -0.198. The fourth-order valence-corrected chi connectivity index (χ4v) is 3.30. The molecule has 2 heterocycles. The molecule has 3 rings (SSSR count). The van der Waals surface area contributed by atoms with Gasteiger partial charge < -0.3 is 19.5 Å². The van der Waals surface area contributed by atoms with Crippen molar-refractivity contribution < 1.29 is 23.8 Å². The first-order valence-corrected chi connectivity index (χ1v) is 9.51. The van der Waals surface area contributed by atoms with E-state index < -0.39 is 18.0 Å². The van der Waals surface area contributed by atoms with Gasteiger partial charge in [-0.15, -0.1) is 0 Å². The highest BCUT2D eigenvalue weighted by atomic mass is 16.6. The lowest BCUT2D eigenvalue weighted by Crippen LogP contribution is -2.32. The molecular weight excluding hydrogens is 374 g/mol. The largest absolute Gasteiger partial charge is 0.483 e. The van der Waals surface area contributed by atoms with E-state index in [4.69, 9.17) is 14.2 Å². The second kappa shape index (κ2) is 7.77. The van der Waals surface area contributed by atoms with Crippen LogP contribution in [0, 0.1) is 13.8 Å². The molecule has 1 aliphatic rings. The maximum atomic E-state index is 12.4. The van der Waals surface area contributed by atoms with Gasteiger partial charge in [0, 0.05) is 19.0 Å². The number of aromatic nitrogens is 2. The first-order chi connectivity index (χ1) is 13.6. The number of para-hydroxylation sites is 1. The Hall–Kier alpha value is -3.03. The SMILES string of the molecule is Cc1nn(C)c(C)c1NC(=O)[C@@H](C)OC(=O)COc1cccc2c1OC(C)(C)C2. The Balaban J connectivity index is 1.55. The van der Waals surface area contributed by atoms with Crippen molar-refractivity contribution in [3.8, 4) is 11.5 Å². The fraction of sp³-hybridized carbons (Fsp3) is 0.476. The number of aryl methyl sites for hydroxylation is 2. The summed E-state index contributed by atoms with van der Waals surface area (Å²) in [5.74, 6) is 0.0766. The summed E-state index contributed by atoms with van der Waals surface area (Å²) in [4.78, 5) is 24.5. The van der Waals surface area contributed by atoms with Crippen LogP contribution in [0.1, 0.15) is 37.7 Å². The van der Waals surface area contributed by atoms with Gasteiger partial charge in [-0.3, -0.25) is 9.48 Å². The minimum Gasteiger partial charge on any atom is -0.483 e. The Morgan fingerprint density at radius 2 is 2.07 bits per heavy atom. The van der Waals surface area contributed by atoms with Crippen LogP contribution >= 0.6 is 0 Å². The number of hydrogen-bond acceptors (Lipinski definition) is 6. The third-order valence-corrected chi connectivity index (χ3v) is 4.84. The number of amides is 1. The normalized spacial score (nSPS) is 15.2. The second-order valence-corrected chi connectivity index (χ2v) is 7.86. The number of carbonyl (C=O) groups excluding carboxylic acids is 2. The van der Waals surface area contributed by atoms with Crippen LogP contribution in [0.5, 0.6) is 11.5 Å². The third-order valence-electron chi connectivity index (χ3n) is 4.84. The van der Waals surface area contributed by atoms with E-state index >= 15 is 0 Å². The highest BCUT2D eigenvalue weighted by molar-refractivity contribution is 5.96. The van der Waals surface area contributed by atoms with Crippen molar-refractivity contribution in [2.24, 2.45) is 7.05 Å². The van der Waals surface area contributed by atoms with Crippen molar-refractivity contribution in [1.82, 2.24) is 9.78 Å². The van der Waals surface area contributed by atoms with Gasteiger partial charge in [-0.2, -0.15) is 5.10 Å².